The van der Waals surface area contributed by atoms with E-state index < -0.39 is 55.0 Å². The Labute approximate surface area is 219 Å². The van der Waals surface area contributed by atoms with Crippen LogP contribution in [0.25, 0.3) is 11.6 Å². The summed E-state index contributed by atoms with van der Waals surface area (Å²) in [6.45, 7) is -1.02. The molecule has 2 heterocycles. The lowest BCUT2D eigenvalue weighted by Gasteiger charge is -2.36. The number of aliphatic hydroxyl groups is 3. The Morgan fingerprint density at radius 3 is 2.50 bits per heavy atom. The van der Waals surface area contributed by atoms with Gasteiger partial charge in [-0.15, -0.1) is 0 Å². The molecule has 1 aromatic carbocycles. The first-order chi connectivity index (χ1) is 18.3. The van der Waals surface area contributed by atoms with E-state index in [1.54, 1.807) is 36.5 Å². The number of pyridine rings is 1. The Morgan fingerprint density at radius 2 is 1.89 bits per heavy atom. The lowest BCUT2D eigenvalue weighted by molar-refractivity contribution is -0.137. The number of likely N-dealkylation sites (tertiary alicyclic amines) is 1. The number of aromatic hydroxyl groups is 1. The number of rotatable bonds is 8. The van der Waals surface area contributed by atoms with Crippen molar-refractivity contribution >= 4 is 29.6 Å². The van der Waals surface area contributed by atoms with E-state index in [9.17, 15) is 34.8 Å². The Balaban J connectivity index is 1.62. The summed E-state index contributed by atoms with van der Waals surface area (Å²) in [7, 11) is 1.06. The van der Waals surface area contributed by atoms with Gasteiger partial charge < -0.3 is 25.2 Å². The van der Waals surface area contributed by atoms with Gasteiger partial charge in [-0.25, -0.2) is 4.79 Å². The van der Waals surface area contributed by atoms with Gasteiger partial charge in [-0.2, -0.15) is 4.90 Å². The van der Waals surface area contributed by atoms with E-state index in [2.05, 4.69) is 9.72 Å². The van der Waals surface area contributed by atoms with Crippen molar-refractivity contribution in [3.8, 4) is 5.75 Å². The first-order valence-corrected chi connectivity index (χ1v) is 12.3. The Bertz CT molecular complexity index is 1260. The number of fused-ring (bicyclic) bond motifs is 1. The summed E-state index contributed by atoms with van der Waals surface area (Å²) in [5, 5.41) is 41.3. The number of imide groups is 3. The summed E-state index contributed by atoms with van der Waals surface area (Å²) in [5.74, 6) is -4.31. The first kappa shape index (κ1) is 27.2. The zero-order chi connectivity index (χ0) is 27.4. The number of amides is 3. The number of carbonyl (C=O) groups is 3. The van der Waals surface area contributed by atoms with Gasteiger partial charge in [0.1, 0.15) is 5.75 Å². The number of phenols is 1. The predicted molar refractivity (Wildman–Crippen MR) is 136 cm³/mol. The molecule has 1 saturated heterocycles. The molecule has 4 atom stereocenters. The van der Waals surface area contributed by atoms with E-state index in [-0.39, 0.29) is 18.6 Å². The molecule has 0 saturated carbocycles. The van der Waals surface area contributed by atoms with Crippen LogP contribution in [0.3, 0.4) is 0 Å². The molecule has 10 heteroatoms. The zero-order valence-electron chi connectivity index (χ0n) is 20.9. The van der Waals surface area contributed by atoms with Crippen molar-refractivity contribution in [1.82, 2.24) is 9.88 Å². The van der Waals surface area contributed by atoms with Gasteiger partial charge in [0.05, 0.1) is 44.0 Å². The Kier molecular flexibility index (Phi) is 8.35. The molecule has 2 aromatic rings. The van der Waals surface area contributed by atoms with Crippen LogP contribution in [-0.4, -0.2) is 74.6 Å². The molecule has 0 unspecified atom stereocenters. The predicted octanol–water partition coefficient (Wildman–Crippen LogP) is 2.14. The van der Waals surface area contributed by atoms with Gasteiger partial charge in [0.25, 0.3) is 0 Å². The van der Waals surface area contributed by atoms with E-state index in [0.29, 0.717) is 28.2 Å². The lowest BCUT2D eigenvalue weighted by atomic mass is 9.68. The van der Waals surface area contributed by atoms with E-state index >= 15 is 0 Å². The highest BCUT2D eigenvalue weighted by Crippen LogP contribution is 2.46. The van der Waals surface area contributed by atoms with Gasteiger partial charge in [-0.1, -0.05) is 18.2 Å². The van der Waals surface area contributed by atoms with Crippen molar-refractivity contribution in [2.75, 3.05) is 20.3 Å². The molecule has 0 bridgehead atoms. The summed E-state index contributed by atoms with van der Waals surface area (Å²) in [6.07, 6.45) is 1.82. The molecule has 2 aliphatic rings. The van der Waals surface area contributed by atoms with Crippen molar-refractivity contribution < 1.29 is 39.5 Å². The number of ether oxygens (including phenoxy) is 1. The number of methoxy groups -OCH3 is 1. The first-order valence-electron chi connectivity index (χ1n) is 12.3. The van der Waals surface area contributed by atoms with E-state index in [1.165, 1.54) is 0 Å². The van der Waals surface area contributed by atoms with Gasteiger partial charge in [0.2, 0.25) is 11.8 Å². The molecule has 4 N–H and O–H groups in total. The molecule has 1 aliphatic heterocycles. The van der Waals surface area contributed by atoms with Crippen LogP contribution in [0, 0.1) is 17.8 Å². The molecule has 1 aliphatic carbocycles. The minimum atomic E-state index is -1.14. The van der Waals surface area contributed by atoms with Gasteiger partial charge in [-0.3, -0.25) is 14.6 Å². The largest absolute Gasteiger partial charge is 0.508 e. The lowest BCUT2D eigenvalue weighted by Crippen LogP contribution is -2.40. The molecule has 0 spiro atoms. The van der Waals surface area contributed by atoms with Crippen LogP contribution in [-0.2, 0) is 14.3 Å². The van der Waals surface area contributed by atoms with E-state index in [0.717, 1.165) is 18.2 Å². The summed E-state index contributed by atoms with van der Waals surface area (Å²) in [5.41, 5.74) is 3.00. The van der Waals surface area contributed by atoms with Crippen molar-refractivity contribution in [2.45, 2.75) is 25.4 Å². The second-order valence-corrected chi connectivity index (χ2v) is 9.35. The number of nitrogens with zero attached hydrogens (tertiary/aromatic N) is 2. The smallest absolute Gasteiger partial charge is 0.423 e. The van der Waals surface area contributed by atoms with Crippen LogP contribution >= 0.6 is 0 Å². The summed E-state index contributed by atoms with van der Waals surface area (Å²) in [6, 6.07) is 12.1. The van der Waals surface area contributed by atoms with Gasteiger partial charge in [-0.05, 0) is 71.9 Å². The Hall–Kier alpha value is -3.86. The van der Waals surface area contributed by atoms with Crippen LogP contribution in [0.5, 0.6) is 5.75 Å². The molecule has 3 amide bonds. The van der Waals surface area contributed by atoms with E-state index in [1.807, 2.05) is 18.2 Å². The number of hydrogen-bond donors (Lipinski definition) is 4. The number of hydrogen-bond acceptors (Lipinski definition) is 9. The van der Waals surface area contributed by atoms with Crippen LogP contribution < -0.4 is 0 Å². The van der Waals surface area contributed by atoms with Gasteiger partial charge >= 0.3 is 6.09 Å². The van der Waals surface area contributed by atoms with Crippen molar-refractivity contribution in [3.63, 3.8) is 0 Å². The third kappa shape index (κ3) is 5.24. The molecule has 4 rings (SSSR count). The van der Waals surface area contributed by atoms with Crippen LogP contribution in [0.4, 0.5) is 4.79 Å². The second-order valence-electron chi connectivity index (χ2n) is 9.35. The highest BCUT2D eigenvalue weighted by Gasteiger charge is 2.57. The maximum Gasteiger partial charge on any atom is 0.423 e. The van der Waals surface area contributed by atoms with Gasteiger partial charge in [0, 0.05) is 12.1 Å². The summed E-state index contributed by atoms with van der Waals surface area (Å²) in [4.78, 5) is 42.8. The topological polar surface area (TPSA) is 157 Å². The second kappa shape index (κ2) is 11.7. The van der Waals surface area contributed by atoms with Crippen LogP contribution in [0.15, 0.2) is 59.8 Å². The molecule has 38 heavy (non-hydrogen) atoms. The molecular weight excluding hydrogens is 492 g/mol. The molecule has 1 fully saturated rings. The molecular formula is C28H30N2O8. The Morgan fingerprint density at radius 1 is 1.16 bits per heavy atom. The molecule has 200 valence electrons. The molecule has 1 aromatic heterocycles. The minimum absolute atomic E-state index is 0.0153. The third-order valence-corrected chi connectivity index (χ3v) is 7.20. The highest BCUT2D eigenvalue weighted by molar-refractivity contribution is 6.16. The van der Waals surface area contributed by atoms with Crippen molar-refractivity contribution in [1.29, 1.82) is 0 Å². The average Bonchev–Trinajstić information content (AvgIpc) is 3.19. The standard InChI is InChI=1S/C28H30N2O8/c1-38-28(37)30-26(35)20-13-18(14-31)24(21(15-32)25(20)27(30)36)23(34)10-7-17(22-4-2-3-11-29-22)12-16-5-8-19(33)9-6-16/h2-6,8-9,11-12,20-21,23,25,31-34H,7,10,13-15H2,1H3/b17-12-/t20-,21+,23-,25-/m1/s1. The third-order valence-electron chi connectivity index (χ3n) is 7.20. The number of allylic oxidation sites excluding steroid dienone is 1. The maximum atomic E-state index is 13.1. The van der Waals surface area contributed by atoms with Crippen LogP contribution in [0.2, 0.25) is 0 Å². The number of benzene rings is 1. The summed E-state index contributed by atoms with van der Waals surface area (Å²) >= 11 is 0. The maximum absolute atomic E-state index is 13.1. The SMILES string of the molecule is COC(=O)N1C(=O)[C@@H]2[C@@H](CC(CO)=C([C@H](O)CC/C(=C/c3ccc(O)cc3)c3ccccn3)[C@@H]2CO)C1=O. The van der Waals surface area contributed by atoms with Gasteiger partial charge in [0.15, 0.2) is 0 Å². The highest BCUT2D eigenvalue weighted by atomic mass is 16.5. The van der Waals surface area contributed by atoms with Crippen molar-refractivity contribution in [2.24, 2.45) is 17.8 Å². The van der Waals surface area contributed by atoms with E-state index in [4.69, 9.17) is 0 Å². The number of phenolic OH excluding ortho intramolecular Hbond substituents is 1. The minimum Gasteiger partial charge on any atom is -0.508 e. The number of aromatic nitrogens is 1. The zero-order valence-corrected chi connectivity index (χ0v) is 20.9. The fourth-order valence-corrected chi connectivity index (χ4v) is 5.42. The quantitative estimate of drug-likeness (QED) is 0.301. The average molecular weight is 523 g/mol. The fraction of sp³-hybridized carbons (Fsp3) is 0.357. The normalized spacial score (nSPS) is 22.5. The monoisotopic (exact) mass is 522 g/mol. The molecule has 0 radical (unpaired) electrons. The summed E-state index contributed by atoms with van der Waals surface area (Å²) < 4.78 is 4.58. The van der Waals surface area contributed by atoms with Crippen molar-refractivity contribution in [3.05, 3.63) is 71.1 Å². The number of aliphatic hydroxyl groups excluding tert-OH is 3. The number of carbonyl (C=O) groups excluding carboxylic acids is 3. The molecule has 10 nitrogen and oxygen atoms in total. The fourth-order valence-electron chi connectivity index (χ4n) is 5.42. The van der Waals surface area contributed by atoms with Crippen LogP contribution in [0.1, 0.15) is 30.5 Å².